The molecule has 0 bridgehead atoms. The van der Waals surface area contributed by atoms with Crippen molar-refractivity contribution in [2.24, 2.45) is 11.3 Å². The van der Waals surface area contributed by atoms with Gasteiger partial charge in [-0.25, -0.2) is 4.98 Å². The van der Waals surface area contributed by atoms with Gasteiger partial charge in [0.1, 0.15) is 19.3 Å². The highest BCUT2D eigenvalue weighted by molar-refractivity contribution is 6.83. The molecule has 1 aromatic heterocycles. The number of rotatable bonds is 10. The molecule has 3 atom stereocenters. The number of nitrogens with zero attached hydrogens (tertiary/aromatic N) is 1. The molecule has 8 heteroatoms. The molecular weight excluding hydrogens is 626 g/mol. The molecule has 2 heterocycles. The quantitative estimate of drug-likeness (QED) is 0.106. The highest BCUT2D eigenvalue weighted by atomic mass is 35.5. The standard InChI is InChI=1S/C38H64ClNO4Si2/c1-35(2,3)26-29-24-30-28(25-38(20-16-21-38)43-33(30)34(39)40-29)18-19-31(44-46(13,14)37(7,8)9)27(17-15-22-45(10,11)12)23-32(41)42-36(4,5)6/h24,27-28,31H,16-21,23,25-26H2,1-14H3/t27-,28+,31-/m1/s1. The van der Waals surface area contributed by atoms with E-state index in [9.17, 15) is 4.79 Å². The second-order valence-corrected chi connectivity index (χ2v) is 28.8. The van der Waals surface area contributed by atoms with Crippen molar-refractivity contribution < 1.29 is 18.7 Å². The summed E-state index contributed by atoms with van der Waals surface area (Å²) < 4.78 is 19.8. The van der Waals surface area contributed by atoms with Gasteiger partial charge in [0.15, 0.2) is 19.2 Å². The van der Waals surface area contributed by atoms with Crippen LogP contribution in [-0.2, 0) is 20.4 Å². The van der Waals surface area contributed by atoms with E-state index in [0.29, 0.717) is 18.0 Å². The summed E-state index contributed by atoms with van der Waals surface area (Å²) in [7, 11) is -3.76. The van der Waals surface area contributed by atoms with E-state index in [-0.39, 0.29) is 40.0 Å². The molecule has 3 rings (SSSR count). The van der Waals surface area contributed by atoms with Gasteiger partial charge in [-0.15, -0.1) is 11.5 Å². The van der Waals surface area contributed by atoms with Crippen molar-refractivity contribution in [3.8, 4) is 17.2 Å². The Kier molecular flexibility index (Phi) is 12.1. The lowest BCUT2D eigenvalue weighted by atomic mass is 9.69. The smallest absolute Gasteiger partial charge is 0.306 e. The van der Waals surface area contributed by atoms with Crippen LogP contribution in [0.2, 0.25) is 42.9 Å². The Balaban J connectivity index is 2.02. The maximum Gasteiger partial charge on any atom is 0.306 e. The Morgan fingerprint density at radius 3 is 2.22 bits per heavy atom. The third-order valence-electron chi connectivity index (χ3n) is 9.62. The molecule has 260 valence electrons. The van der Waals surface area contributed by atoms with Gasteiger partial charge in [-0.1, -0.05) is 72.8 Å². The molecule has 0 N–H and O–H groups in total. The molecule has 1 aromatic rings. The van der Waals surface area contributed by atoms with E-state index < -0.39 is 22.0 Å². The van der Waals surface area contributed by atoms with Crippen molar-refractivity contribution in [2.45, 2.75) is 181 Å². The van der Waals surface area contributed by atoms with Gasteiger partial charge in [-0.05, 0) is 101 Å². The number of hydrogen-bond donors (Lipinski definition) is 0. The summed E-state index contributed by atoms with van der Waals surface area (Å²) in [6.45, 7) is 30.8. The molecule has 1 fully saturated rings. The zero-order valence-electron chi connectivity index (χ0n) is 31.6. The maximum atomic E-state index is 13.3. The summed E-state index contributed by atoms with van der Waals surface area (Å²) in [5.74, 6) is 4.35. The molecule has 1 aliphatic heterocycles. The molecular formula is C38H64ClNO4Si2. The maximum absolute atomic E-state index is 13.3. The zero-order chi connectivity index (χ0) is 34.9. The van der Waals surface area contributed by atoms with Crippen LogP contribution in [0.25, 0.3) is 0 Å². The van der Waals surface area contributed by atoms with Crippen LogP contribution in [0.3, 0.4) is 0 Å². The molecule has 1 aliphatic carbocycles. The summed E-state index contributed by atoms with van der Waals surface area (Å²) in [6, 6.07) is 2.25. The van der Waals surface area contributed by atoms with Crippen molar-refractivity contribution >= 4 is 34.0 Å². The second-order valence-electron chi connectivity index (χ2n) is 18.9. The summed E-state index contributed by atoms with van der Waals surface area (Å²) in [4.78, 5) is 18.1. The van der Waals surface area contributed by atoms with Crippen LogP contribution in [0, 0.1) is 22.8 Å². The molecule has 2 aliphatic rings. The summed E-state index contributed by atoms with van der Waals surface area (Å²) in [5.41, 5.74) is 5.16. The third-order valence-corrected chi connectivity index (χ3v) is 15.3. The Bertz CT molecular complexity index is 1280. The van der Waals surface area contributed by atoms with Gasteiger partial charge in [0.25, 0.3) is 0 Å². The lowest BCUT2D eigenvalue weighted by Gasteiger charge is -2.48. The first kappa shape index (κ1) is 39.1. The first-order valence-corrected chi connectivity index (χ1v) is 24.3. The fraction of sp³-hybridized carbons (Fsp3) is 0.789. The van der Waals surface area contributed by atoms with Crippen molar-refractivity contribution in [3.63, 3.8) is 0 Å². The van der Waals surface area contributed by atoms with Gasteiger partial charge in [0.05, 0.1) is 6.42 Å². The van der Waals surface area contributed by atoms with Crippen LogP contribution >= 0.6 is 11.6 Å². The van der Waals surface area contributed by atoms with Crippen LogP contribution in [0.5, 0.6) is 5.75 Å². The number of carbonyl (C=O) groups is 1. The van der Waals surface area contributed by atoms with Crippen LogP contribution in [-0.4, -0.2) is 44.7 Å². The predicted molar refractivity (Wildman–Crippen MR) is 198 cm³/mol. The average molecular weight is 691 g/mol. The van der Waals surface area contributed by atoms with Crippen LogP contribution in [0.4, 0.5) is 0 Å². The minimum Gasteiger partial charge on any atom is -0.484 e. The highest BCUT2D eigenvalue weighted by Crippen LogP contribution is 2.53. The molecule has 0 amide bonds. The number of esters is 1. The Labute approximate surface area is 288 Å². The minimum atomic E-state index is -2.18. The molecule has 1 spiro atoms. The van der Waals surface area contributed by atoms with Crippen molar-refractivity contribution in [1.82, 2.24) is 4.98 Å². The second kappa shape index (κ2) is 14.3. The highest BCUT2D eigenvalue weighted by Gasteiger charge is 2.47. The summed E-state index contributed by atoms with van der Waals surface area (Å²) in [6.07, 6.45) is 7.71. The summed E-state index contributed by atoms with van der Waals surface area (Å²) in [5, 5.41) is 0.528. The SMILES string of the molecule is CC(C)(C)Cc1cc2c(c(Cl)n1)OC1(CCC1)C[C@@H]2CC[C@@H](O[Si](C)(C)C(C)(C)C)[C@H](CC#C[Si](C)(C)C)CC(=O)OC(C)(C)C. The largest absolute Gasteiger partial charge is 0.484 e. The van der Waals surface area contributed by atoms with Crippen LogP contribution in [0.1, 0.15) is 131 Å². The van der Waals surface area contributed by atoms with Crippen molar-refractivity contribution in [3.05, 3.63) is 22.5 Å². The number of aromatic nitrogens is 1. The Morgan fingerprint density at radius 1 is 1.09 bits per heavy atom. The fourth-order valence-corrected chi connectivity index (χ4v) is 8.56. The monoisotopic (exact) mass is 689 g/mol. The summed E-state index contributed by atoms with van der Waals surface area (Å²) >= 11 is 6.89. The van der Waals surface area contributed by atoms with Gasteiger partial charge in [-0.3, -0.25) is 4.79 Å². The number of halogens is 1. The Morgan fingerprint density at radius 2 is 1.72 bits per heavy atom. The topological polar surface area (TPSA) is 57.7 Å². The number of pyridine rings is 1. The van der Waals surface area contributed by atoms with E-state index in [2.05, 4.69) is 91.8 Å². The van der Waals surface area contributed by atoms with E-state index >= 15 is 0 Å². The number of carbonyl (C=O) groups excluding carboxylic acids is 1. The van der Waals surface area contributed by atoms with Gasteiger partial charge >= 0.3 is 5.97 Å². The van der Waals surface area contributed by atoms with Gasteiger partial charge in [-0.2, -0.15) is 0 Å². The molecule has 46 heavy (non-hydrogen) atoms. The molecule has 5 nitrogen and oxygen atoms in total. The van der Waals surface area contributed by atoms with Gasteiger partial charge in [0, 0.05) is 29.7 Å². The van der Waals surface area contributed by atoms with Crippen molar-refractivity contribution in [1.29, 1.82) is 0 Å². The van der Waals surface area contributed by atoms with Crippen LogP contribution in [0.15, 0.2) is 6.07 Å². The van der Waals surface area contributed by atoms with Gasteiger partial charge < -0.3 is 13.9 Å². The van der Waals surface area contributed by atoms with Crippen molar-refractivity contribution in [2.75, 3.05) is 0 Å². The first-order chi connectivity index (χ1) is 20.8. The molecule has 0 radical (unpaired) electrons. The predicted octanol–water partition coefficient (Wildman–Crippen LogP) is 10.9. The lowest BCUT2D eigenvalue weighted by molar-refractivity contribution is -0.156. The normalized spacial score (nSPS) is 19.7. The van der Waals surface area contributed by atoms with E-state index in [1.165, 1.54) is 12.0 Å². The Hall–Kier alpha value is -1.34. The molecule has 0 saturated heterocycles. The van der Waals surface area contributed by atoms with E-state index in [1.807, 2.05) is 20.8 Å². The molecule has 0 unspecified atom stereocenters. The fourth-order valence-electron chi connectivity index (χ4n) is 6.25. The number of hydrogen-bond acceptors (Lipinski definition) is 5. The zero-order valence-corrected chi connectivity index (χ0v) is 34.4. The number of ether oxygens (including phenoxy) is 2. The van der Waals surface area contributed by atoms with Gasteiger partial charge in [0.2, 0.25) is 0 Å². The molecule has 0 aromatic carbocycles. The van der Waals surface area contributed by atoms with E-state index in [4.69, 9.17) is 30.5 Å². The molecule has 1 saturated carbocycles. The first-order valence-electron chi connectivity index (χ1n) is 17.6. The number of fused-ring (bicyclic) bond motifs is 1. The lowest BCUT2D eigenvalue weighted by Crippen LogP contribution is -2.48. The third kappa shape index (κ3) is 11.4. The van der Waals surface area contributed by atoms with E-state index in [0.717, 1.165) is 50.0 Å². The van der Waals surface area contributed by atoms with Crippen LogP contribution < -0.4 is 4.74 Å². The van der Waals surface area contributed by atoms with E-state index in [1.54, 1.807) is 0 Å². The average Bonchev–Trinajstić information content (AvgIpc) is 2.81. The minimum absolute atomic E-state index is 0.0358.